The molecule has 4 nitrogen and oxygen atoms in total. The molecule has 0 radical (unpaired) electrons. The molecular weight excluding hydrogens is 330 g/mol. The van der Waals surface area contributed by atoms with Gasteiger partial charge in [-0.05, 0) is 43.0 Å². The Balaban J connectivity index is 1.57. The van der Waals surface area contributed by atoms with Crippen molar-refractivity contribution >= 4 is 33.1 Å². The zero-order chi connectivity index (χ0) is 17.2. The fraction of sp³-hybridized carbons (Fsp3) is 0.300. The zero-order valence-electron chi connectivity index (χ0n) is 13.9. The molecule has 1 aliphatic carbocycles. The summed E-state index contributed by atoms with van der Waals surface area (Å²) in [6.07, 6.45) is 3.70. The summed E-state index contributed by atoms with van der Waals surface area (Å²) >= 11 is 1.64. The van der Waals surface area contributed by atoms with E-state index < -0.39 is 0 Å². The number of fused-ring (bicyclic) bond motifs is 1. The van der Waals surface area contributed by atoms with Crippen molar-refractivity contribution < 1.29 is 4.79 Å². The predicted molar refractivity (Wildman–Crippen MR) is 104 cm³/mol. The first-order chi connectivity index (χ1) is 12.2. The number of hydrogen-bond acceptors (Lipinski definition) is 4. The van der Waals surface area contributed by atoms with Crippen molar-refractivity contribution in [3.05, 3.63) is 48.5 Å². The van der Waals surface area contributed by atoms with Crippen LogP contribution in [0.4, 0.5) is 5.69 Å². The summed E-state index contributed by atoms with van der Waals surface area (Å²) in [6.45, 7) is 0. The lowest BCUT2D eigenvalue weighted by atomic mass is 10.00. The van der Waals surface area contributed by atoms with Crippen LogP contribution in [0.25, 0.3) is 20.8 Å². The van der Waals surface area contributed by atoms with Gasteiger partial charge in [0, 0.05) is 18.0 Å². The molecule has 2 atom stereocenters. The quantitative estimate of drug-likeness (QED) is 0.731. The molecule has 0 aliphatic heterocycles. The molecule has 1 aliphatic rings. The first-order valence-corrected chi connectivity index (χ1v) is 9.53. The van der Waals surface area contributed by atoms with Gasteiger partial charge in [-0.25, -0.2) is 4.98 Å². The highest BCUT2D eigenvalue weighted by Crippen LogP contribution is 2.35. The van der Waals surface area contributed by atoms with Crippen molar-refractivity contribution in [3.63, 3.8) is 0 Å². The molecule has 1 aromatic heterocycles. The van der Waals surface area contributed by atoms with E-state index in [2.05, 4.69) is 11.4 Å². The first-order valence-electron chi connectivity index (χ1n) is 8.71. The molecule has 1 fully saturated rings. The number of benzene rings is 2. The van der Waals surface area contributed by atoms with Crippen LogP contribution in [0.2, 0.25) is 0 Å². The van der Waals surface area contributed by atoms with E-state index in [9.17, 15) is 4.79 Å². The number of nitrogens with two attached hydrogens (primary N) is 1. The molecule has 3 aromatic rings. The van der Waals surface area contributed by atoms with Crippen LogP contribution in [-0.2, 0) is 4.79 Å². The SMILES string of the molecule is N[C@@H]1CCC[C@H]1CC(=O)Nc1ccccc1-c1nc2ccccc2s1. The molecule has 3 N–H and O–H groups in total. The van der Waals surface area contributed by atoms with Crippen molar-refractivity contribution in [1.29, 1.82) is 0 Å². The second-order valence-corrected chi connectivity index (χ2v) is 7.67. The summed E-state index contributed by atoms with van der Waals surface area (Å²) in [6, 6.07) is 16.1. The standard InChI is InChI=1S/C20H21N3OS/c21-15-8-5-6-13(15)12-19(24)22-16-9-2-1-7-14(16)20-23-17-10-3-4-11-18(17)25-20/h1-4,7,9-11,13,15H,5-6,8,12,21H2,(H,22,24)/t13-,15+/m0/s1. The van der Waals surface area contributed by atoms with E-state index in [1.54, 1.807) is 11.3 Å². The molecule has 1 heterocycles. The number of nitrogens with zero attached hydrogens (tertiary/aromatic N) is 1. The van der Waals surface area contributed by atoms with Gasteiger partial charge >= 0.3 is 0 Å². The smallest absolute Gasteiger partial charge is 0.224 e. The number of carbonyl (C=O) groups is 1. The van der Waals surface area contributed by atoms with Crippen LogP contribution in [0.15, 0.2) is 48.5 Å². The van der Waals surface area contributed by atoms with E-state index in [4.69, 9.17) is 10.7 Å². The number of carbonyl (C=O) groups excluding carboxylic acids is 1. The Bertz CT molecular complexity index is 872. The van der Waals surface area contributed by atoms with Crippen molar-refractivity contribution in [2.75, 3.05) is 5.32 Å². The van der Waals surface area contributed by atoms with Gasteiger partial charge in [0.1, 0.15) is 5.01 Å². The number of aromatic nitrogens is 1. The lowest BCUT2D eigenvalue weighted by molar-refractivity contribution is -0.117. The maximum absolute atomic E-state index is 12.5. The fourth-order valence-electron chi connectivity index (χ4n) is 3.52. The molecule has 25 heavy (non-hydrogen) atoms. The van der Waals surface area contributed by atoms with Crippen molar-refractivity contribution in [2.45, 2.75) is 31.7 Å². The highest BCUT2D eigenvalue weighted by atomic mass is 32.1. The predicted octanol–water partition coefficient (Wildman–Crippen LogP) is 4.42. The van der Waals surface area contributed by atoms with E-state index in [0.717, 1.165) is 45.7 Å². The van der Waals surface area contributed by atoms with E-state index in [1.165, 1.54) is 0 Å². The number of para-hydroxylation sites is 2. The summed E-state index contributed by atoms with van der Waals surface area (Å²) in [4.78, 5) is 17.2. The number of thiazole rings is 1. The normalized spacial score (nSPS) is 20.0. The monoisotopic (exact) mass is 351 g/mol. The Hall–Kier alpha value is -2.24. The molecule has 1 amide bonds. The summed E-state index contributed by atoms with van der Waals surface area (Å²) in [7, 11) is 0. The molecule has 4 rings (SSSR count). The topological polar surface area (TPSA) is 68.0 Å². The summed E-state index contributed by atoms with van der Waals surface area (Å²) in [5.41, 5.74) is 8.87. The minimum atomic E-state index is 0.0379. The van der Waals surface area contributed by atoms with Gasteiger partial charge in [0.2, 0.25) is 5.91 Å². The Morgan fingerprint density at radius 2 is 1.96 bits per heavy atom. The number of anilines is 1. The second kappa shape index (κ2) is 6.94. The molecule has 1 saturated carbocycles. The van der Waals surface area contributed by atoms with Gasteiger partial charge in [0.15, 0.2) is 0 Å². The van der Waals surface area contributed by atoms with E-state index in [-0.39, 0.29) is 11.9 Å². The van der Waals surface area contributed by atoms with Gasteiger partial charge in [-0.3, -0.25) is 4.79 Å². The van der Waals surface area contributed by atoms with Crippen LogP contribution in [0.1, 0.15) is 25.7 Å². The minimum absolute atomic E-state index is 0.0379. The fourth-order valence-corrected chi connectivity index (χ4v) is 4.53. The Kier molecular flexibility index (Phi) is 4.51. The largest absolute Gasteiger partial charge is 0.327 e. The number of nitrogens with one attached hydrogen (secondary N) is 1. The number of rotatable bonds is 4. The van der Waals surface area contributed by atoms with Gasteiger partial charge in [-0.15, -0.1) is 11.3 Å². The van der Waals surface area contributed by atoms with Gasteiger partial charge < -0.3 is 11.1 Å². The van der Waals surface area contributed by atoms with Crippen LogP contribution in [-0.4, -0.2) is 16.9 Å². The maximum Gasteiger partial charge on any atom is 0.224 e. The molecule has 5 heteroatoms. The molecule has 0 unspecified atom stereocenters. The zero-order valence-corrected chi connectivity index (χ0v) is 14.8. The van der Waals surface area contributed by atoms with Gasteiger partial charge in [-0.1, -0.05) is 30.7 Å². The first kappa shape index (κ1) is 16.2. The third kappa shape index (κ3) is 3.43. The molecule has 2 aromatic carbocycles. The Labute approximate surface area is 151 Å². The van der Waals surface area contributed by atoms with E-state index in [0.29, 0.717) is 12.3 Å². The summed E-state index contributed by atoms with van der Waals surface area (Å²) < 4.78 is 1.15. The maximum atomic E-state index is 12.5. The van der Waals surface area contributed by atoms with Crippen LogP contribution in [0.3, 0.4) is 0 Å². The van der Waals surface area contributed by atoms with Crippen molar-refractivity contribution in [1.82, 2.24) is 4.98 Å². The third-order valence-electron chi connectivity index (χ3n) is 4.89. The van der Waals surface area contributed by atoms with Gasteiger partial charge in [0.05, 0.1) is 15.9 Å². The van der Waals surface area contributed by atoms with E-state index in [1.807, 2.05) is 42.5 Å². The molecule has 0 bridgehead atoms. The minimum Gasteiger partial charge on any atom is -0.327 e. The lowest BCUT2D eigenvalue weighted by Crippen LogP contribution is -2.28. The Morgan fingerprint density at radius 1 is 1.16 bits per heavy atom. The van der Waals surface area contributed by atoms with Gasteiger partial charge in [0.25, 0.3) is 0 Å². The van der Waals surface area contributed by atoms with Crippen LogP contribution >= 0.6 is 11.3 Å². The third-order valence-corrected chi connectivity index (χ3v) is 5.96. The average molecular weight is 351 g/mol. The summed E-state index contributed by atoms with van der Waals surface area (Å²) in [5.74, 6) is 0.338. The second-order valence-electron chi connectivity index (χ2n) is 6.64. The van der Waals surface area contributed by atoms with Crippen LogP contribution in [0, 0.1) is 5.92 Å². The average Bonchev–Trinajstić information content (AvgIpc) is 3.21. The van der Waals surface area contributed by atoms with Gasteiger partial charge in [-0.2, -0.15) is 0 Å². The highest BCUT2D eigenvalue weighted by Gasteiger charge is 2.26. The number of amides is 1. The Morgan fingerprint density at radius 3 is 2.76 bits per heavy atom. The van der Waals surface area contributed by atoms with Crippen molar-refractivity contribution in [2.24, 2.45) is 11.7 Å². The molecule has 0 saturated heterocycles. The van der Waals surface area contributed by atoms with E-state index >= 15 is 0 Å². The highest BCUT2D eigenvalue weighted by molar-refractivity contribution is 7.21. The van der Waals surface area contributed by atoms with Crippen molar-refractivity contribution in [3.8, 4) is 10.6 Å². The summed E-state index contributed by atoms with van der Waals surface area (Å²) in [5, 5.41) is 4.00. The molecule has 128 valence electrons. The molecule has 0 spiro atoms. The molecular formula is C20H21N3OS. The lowest BCUT2D eigenvalue weighted by Gasteiger charge is -2.15. The van der Waals surface area contributed by atoms with Crippen LogP contribution in [0.5, 0.6) is 0 Å². The van der Waals surface area contributed by atoms with Crippen LogP contribution < -0.4 is 11.1 Å². The number of hydrogen-bond donors (Lipinski definition) is 2.